The number of halogens is 1. The van der Waals surface area contributed by atoms with E-state index in [0.717, 1.165) is 12.0 Å². The predicted molar refractivity (Wildman–Crippen MR) is 108 cm³/mol. The van der Waals surface area contributed by atoms with Crippen molar-refractivity contribution in [1.82, 2.24) is 10.2 Å². The Morgan fingerprint density at radius 2 is 2.07 bits per heavy atom. The van der Waals surface area contributed by atoms with Crippen LogP contribution in [0.5, 0.6) is 0 Å². The number of hydrogen-bond donors (Lipinski definition) is 2. The maximum Gasteiger partial charge on any atom is 0.222 e. The number of carbonyl (C=O) groups is 2. The van der Waals surface area contributed by atoms with Gasteiger partial charge in [0.2, 0.25) is 11.8 Å². The van der Waals surface area contributed by atoms with E-state index in [0.29, 0.717) is 31.0 Å². The molecule has 160 valence electrons. The van der Waals surface area contributed by atoms with Gasteiger partial charge < -0.3 is 24.8 Å². The van der Waals surface area contributed by atoms with Crippen molar-refractivity contribution in [2.24, 2.45) is 0 Å². The van der Waals surface area contributed by atoms with Crippen LogP contribution in [-0.2, 0) is 25.6 Å². The van der Waals surface area contributed by atoms with E-state index in [-0.39, 0.29) is 49.6 Å². The molecule has 1 aromatic carbocycles. The van der Waals surface area contributed by atoms with Gasteiger partial charge in [0.15, 0.2) is 0 Å². The van der Waals surface area contributed by atoms with Crippen LogP contribution in [0, 0.1) is 0 Å². The lowest BCUT2D eigenvalue weighted by Gasteiger charge is -2.44. The number of ether oxygens (including phenoxy) is 2. The molecule has 4 atom stereocenters. The molecule has 8 heteroatoms. The third kappa shape index (κ3) is 5.92. The zero-order chi connectivity index (χ0) is 20.8. The van der Waals surface area contributed by atoms with Crippen LogP contribution in [0.1, 0.15) is 38.2 Å². The van der Waals surface area contributed by atoms with E-state index >= 15 is 0 Å². The molecule has 0 saturated carbocycles. The SMILES string of the molecule is CCC(=O)N1C[C@@H](O)COC[C@H]2O[C@H](CC(=O)NCc3ccccc3Cl)CC[C@@H]21. The number of nitrogens with zero attached hydrogens (tertiary/aromatic N) is 1. The smallest absolute Gasteiger partial charge is 0.222 e. The van der Waals surface area contributed by atoms with Gasteiger partial charge in [-0.2, -0.15) is 0 Å². The van der Waals surface area contributed by atoms with Crippen molar-refractivity contribution in [2.45, 2.75) is 63.5 Å². The number of nitrogens with one attached hydrogen (secondary N) is 1. The van der Waals surface area contributed by atoms with Gasteiger partial charge in [0.05, 0.1) is 37.9 Å². The number of rotatable bonds is 5. The molecule has 0 aliphatic carbocycles. The Hall–Kier alpha value is -1.67. The number of fused-ring (bicyclic) bond motifs is 1. The van der Waals surface area contributed by atoms with Gasteiger partial charge in [-0.25, -0.2) is 0 Å². The van der Waals surface area contributed by atoms with Gasteiger partial charge in [0.1, 0.15) is 6.10 Å². The molecule has 7 nitrogen and oxygen atoms in total. The maximum atomic E-state index is 12.4. The first-order valence-corrected chi connectivity index (χ1v) is 10.6. The van der Waals surface area contributed by atoms with E-state index in [1.54, 1.807) is 11.0 Å². The highest BCUT2D eigenvalue weighted by Crippen LogP contribution is 2.28. The van der Waals surface area contributed by atoms with Crippen molar-refractivity contribution in [3.63, 3.8) is 0 Å². The van der Waals surface area contributed by atoms with Crippen LogP contribution in [0.2, 0.25) is 5.02 Å². The monoisotopic (exact) mass is 424 g/mol. The molecule has 0 bridgehead atoms. The Morgan fingerprint density at radius 1 is 1.28 bits per heavy atom. The summed E-state index contributed by atoms with van der Waals surface area (Å²) in [6.07, 6.45) is 0.795. The molecule has 2 aliphatic heterocycles. The zero-order valence-corrected chi connectivity index (χ0v) is 17.4. The fourth-order valence-corrected chi connectivity index (χ4v) is 4.15. The minimum atomic E-state index is -0.695. The predicted octanol–water partition coefficient (Wildman–Crippen LogP) is 1.89. The average molecular weight is 425 g/mol. The zero-order valence-electron chi connectivity index (χ0n) is 16.7. The highest BCUT2D eigenvalue weighted by molar-refractivity contribution is 6.31. The van der Waals surface area contributed by atoms with Gasteiger partial charge >= 0.3 is 0 Å². The summed E-state index contributed by atoms with van der Waals surface area (Å²) in [6.45, 7) is 2.90. The molecular weight excluding hydrogens is 396 g/mol. The Kier molecular flexibility index (Phi) is 7.89. The standard InChI is InChI=1S/C21H29ClN2O5/c1-2-21(27)24-11-15(25)12-28-13-19-18(24)8-7-16(29-19)9-20(26)23-10-14-5-3-4-6-17(14)22/h3-6,15-16,18-19,25H,2,7-13H2,1H3,(H,23,26)/t15-,16+,18+,19-/m1/s1. The van der Waals surface area contributed by atoms with Crippen LogP contribution in [-0.4, -0.2) is 65.9 Å². The number of aliphatic hydroxyl groups excluding tert-OH is 1. The topological polar surface area (TPSA) is 88.1 Å². The number of hydrogen-bond acceptors (Lipinski definition) is 5. The van der Waals surface area contributed by atoms with Gasteiger partial charge in [-0.05, 0) is 24.5 Å². The summed E-state index contributed by atoms with van der Waals surface area (Å²) in [5.41, 5.74) is 0.868. The molecule has 0 aromatic heterocycles. The number of amides is 2. The van der Waals surface area contributed by atoms with Crippen LogP contribution in [0.4, 0.5) is 0 Å². The molecule has 0 spiro atoms. The molecule has 3 rings (SSSR count). The van der Waals surface area contributed by atoms with Crippen molar-refractivity contribution in [2.75, 3.05) is 19.8 Å². The van der Waals surface area contributed by atoms with Crippen LogP contribution in [0.3, 0.4) is 0 Å². The van der Waals surface area contributed by atoms with Crippen molar-refractivity contribution in [3.8, 4) is 0 Å². The van der Waals surface area contributed by atoms with Gasteiger partial charge in [-0.3, -0.25) is 9.59 Å². The van der Waals surface area contributed by atoms with Gasteiger partial charge in [0.25, 0.3) is 0 Å². The van der Waals surface area contributed by atoms with E-state index in [1.807, 2.05) is 25.1 Å². The fraction of sp³-hybridized carbons (Fsp3) is 0.619. The van der Waals surface area contributed by atoms with Crippen molar-refractivity contribution < 1.29 is 24.2 Å². The Balaban J connectivity index is 1.55. The third-order valence-corrected chi connectivity index (χ3v) is 5.82. The van der Waals surface area contributed by atoms with Crippen molar-refractivity contribution >= 4 is 23.4 Å². The summed E-state index contributed by atoms with van der Waals surface area (Å²) in [7, 11) is 0. The van der Waals surface area contributed by atoms with E-state index < -0.39 is 6.10 Å². The summed E-state index contributed by atoms with van der Waals surface area (Å²) in [5.74, 6) is -0.0995. The summed E-state index contributed by atoms with van der Waals surface area (Å²) >= 11 is 6.13. The highest BCUT2D eigenvalue weighted by atomic mass is 35.5. The van der Waals surface area contributed by atoms with Crippen LogP contribution in [0.15, 0.2) is 24.3 Å². The van der Waals surface area contributed by atoms with E-state index in [4.69, 9.17) is 21.1 Å². The Bertz CT molecular complexity index is 716. The summed E-state index contributed by atoms with van der Waals surface area (Å²) in [6, 6.07) is 7.27. The first-order chi connectivity index (χ1) is 14.0. The number of carbonyl (C=O) groups excluding carboxylic acids is 2. The van der Waals surface area contributed by atoms with E-state index in [1.165, 1.54) is 0 Å². The Morgan fingerprint density at radius 3 is 2.83 bits per heavy atom. The normalized spacial score (nSPS) is 27.5. The van der Waals surface area contributed by atoms with Crippen LogP contribution in [0.25, 0.3) is 0 Å². The fourth-order valence-electron chi connectivity index (χ4n) is 3.95. The molecule has 0 unspecified atom stereocenters. The number of aliphatic hydroxyl groups is 1. The molecule has 1 aromatic rings. The largest absolute Gasteiger partial charge is 0.389 e. The second-order valence-electron chi connectivity index (χ2n) is 7.60. The lowest BCUT2D eigenvalue weighted by Crippen LogP contribution is -2.57. The lowest BCUT2D eigenvalue weighted by atomic mass is 9.94. The highest BCUT2D eigenvalue weighted by Gasteiger charge is 2.39. The Labute approximate surface area is 176 Å². The van der Waals surface area contributed by atoms with Crippen LogP contribution < -0.4 is 5.32 Å². The average Bonchev–Trinajstić information content (AvgIpc) is 2.70. The van der Waals surface area contributed by atoms with E-state index in [9.17, 15) is 14.7 Å². The minimum Gasteiger partial charge on any atom is -0.389 e. The maximum absolute atomic E-state index is 12.4. The van der Waals surface area contributed by atoms with E-state index in [2.05, 4.69) is 5.32 Å². The van der Waals surface area contributed by atoms with Crippen molar-refractivity contribution in [3.05, 3.63) is 34.9 Å². The van der Waals surface area contributed by atoms with Gasteiger partial charge in [-0.1, -0.05) is 36.7 Å². The van der Waals surface area contributed by atoms with Crippen LogP contribution >= 0.6 is 11.6 Å². The molecule has 2 N–H and O–H groups in total. The lowest BCUT2D eigenvalue weighted by molar-refractivity contribution is -0.169. The summed E-state index contributed by atoms with van der Waals surface area (Å²) in [4.78, 5) is 26.5. The second kappa shape index (κ2) is 10.4. The molecule has 2 amide bonds. The molecule has 2 saturated heterocycles. The molecule has 29 heavy (non-hydrogen) atoms. The molecule has 0 radical (unpaired) electrons. The van der Waals surface area contributed by atoms with Gasteiger partial charge in [0, 0.05) is 24.5 Å². The minimum absolute atomic E-state index is 0.000447. The first kappa shape index (κ1) is 22.0. The second-order valence-corrected chi connectivity index (χ2v) is 8.01. The first-order valence-electron chi connectivity index (χ1n) is 10.2. The third-order valence-electron chi connectivity index (χ3n) is 5.45. The molecule has 2 heterocycles. The summed E-state index contributed by atoms with van der Waals surface area (Å²) < 4.78 is 11.7. The number of β-amino-alcohol motifs (C(OH)–C–C–N with tert-alkyl or cyclic N) is 1. The quantitative estimate of drug-likeness (QED) is 0.753. The van der Waals surface area contributed by atoms with Crippen molar-refractivity contribution in [1.29, 1.82) is 0 Å². The van der Waals surface area contributed by atoms with Gasteiger partial charge in [-0.15, -0.1) is 0 Å². The summed E-state index contributed by atoms with van der Waals surface area (Å²) in [5, 5.41) is 13.6. The molecular formula is C21H29ClN2O5. The molecule has 2 aliphatic rings. The molecule has 2 fully saturated rings. The number of benzene rings is 1.